The fourth-order valence-electron chi connectivity index (χ4n) is 4.33. The number of benzene rings is 2. The first-order chi connectivity index (χ1) is 19.2. The number of methoxy groups -OCH3 is 3. The molecule has 2 heterocycles. The molecule has 1 N–H and O–H groups in total. The number of aromatic nitrogens is 1. The average Bonchev–Trinajstić information content (AvgIpc) is 3.48. The van der Waals surface area contributed by atoms with Gasteiger partial charge in [-0.05, 0) is 55.3 Å². The predicted octanol–water partition coefficient (Wildman–Crippen LogP) is 5.06. The van der Waals surface area contributed by atoms with Crippen LogP contribution in [-0.2, 0) is 14.3 Å². The zero-order chi connectivity index (χ0) is 29.0. The Hall–Kier alpha value is -4.38. The van der Waals surface area contributed by atoms with E-state index < -0.39 is 23.7 Å². The van der Waals surface area contributed by atoms with Crippen molar-refractivity contribution in [3.63, 3.8) is 0 Å². The molecule has 1 saturated heterocycles. The second-order valence-electron chi connectivity index (χ2n) is 8.91. The molecule has 0 saturated carbocycles. The molecule has 0 spiro atoms. The fourth-order valence-corrected chi connectivity index (χ4v) is 5.35. The summed E-state index contributed by atoms with van der Waals surface area (Å²) in [5.41, 5.74) is 1.00. The molecule has 1 fully saturated rings. The summed E-state index contributed by atoms with van der Waals surface area (Å²) in [4.78, 5) is 45.0. The topological polar surface area (TPSA) is 124 Å². The molecule has 11 heteroatoms. The third-order valence-corrected chi connectivity index (χ3v) is 7.56. The molecule has 10 nitrogen and oxygen atoms in total. The van der Waals surface area contributed by atoms with E-state index in [9.17, 15) is 19.5 Å². The predicted molar refractivity (Wildman–Crippen MR) is 149 cm³/mol. The van der Waals surface area contributed by atoms with Crippen LogP contribution in [0.1, 0.15) is 52.3 Å². The Morgan fingerprint density at radius 2 is 1.75 bits per heavy atom. The largest absolute Gasteiger partial charge is 0.507 e. The van der Waals surface area contributed by atoms with Crippen molar-refractivity contribution < 1.29 is 38.4 Å². The van der Waals surface area contributed by atoms with Crippen molar-refractivity contribution in [3.05, 3.63) is 69.7 Å². The van der Waals surface area contributed by atoms with Gasteiger partial charge in [0.25, 0.3) is 5.78 Å². The molecule has 0 aliphatic carbocycles. The van der Waals surface area contributed by atoms with Crippen LogP contribution in [0.4, 0.5) is 5.13 Å². The number of nitrogens with zero attached hydrogens (tertiary/aromatic N) is 2. The summed E-state index contributed by atoms with van der Waals surface area (Å²) in [6.07, 6.45) is 1.90. The van der Waals surface area contributed by atoms with Gasteiger partial charge in [-0.2, -0.15) is 0 Å². The molecule has 1 aliphatic heterocycles. The Morgan fingerprint density at radius 1 is 1.05 bits per heavy atom. The van der Waals surface area contributed by atoms with Crippen molar-refractivity contribution in [3.8, 4) is 17.2 Å². The zero-order valence-corrected chi connectivity index (χ0v) is 23.7. The minimum Gasteiger partial charge on any atom is -0.507 e. The van der Waals surface area contributed by atoms with Gasteiger partial charge in [0.15, 0.2) is 16.6 Å². The van der Waals surface area contributed by atoms with E-state index in [0.717, 1.165) is 24.2 Å². The van der Waals surface area contributed by atoms with Gasteiger partial charge in [-0.3, -0.25) is 14.5 Å². The number of amides is 1. The number of unbranched alkanes of at least 4 members (excludes halogenated alkanes) is 1. The van der Waals surface area contributed by atoms with Crippen LogP contribution in [0.2, 0.25) is 0 Å². The SMILES string of the molecule is CCCCOc1ccc(C(O)=C2C(=O)C(=O)N(c3nc(C)c(C(=O)OC)s3)[C@H]2c2ccc(OC)c(OC)c2)cc1. The number of ether oxygens (including phenoxy) is 4. The lowest BCUT2D eigenvalue weighted by atomic mass is 9.95. The molecule has 4 rings (SSSR count). The highest BCUT2D eigenvalue weighted by Gasteiger charge is 2.48. The number of thiazole rings is 1. The Bertz CT molecular complexity index is 1460. The maximum absolute atomic E-state index is 13.5. The Morgan fingerprint density at radius 3 is 2.38 bits per heavy atom. The highest BCUT2D eigenvalue weighted by Crippen LogP contribution is 2.45. The van der Waals surface area contributed by atoms with Crippen LogP contribution >= 0.6 is 11.3 Å². The first kappa shape index (κ1) is 28.6. The normalized spacial score (nSPS) is 16.2. The van der Waals surface area contributed by atoms with Gasteiger partial charge < -0.3 is 24.1 Å². The van der Waals surface area contributed by atoms with Crippen LogP contribution in [0, 0.1) is 6.92 Å². The van der Waals surface area contributed by atoms with Crippen LogP contribution in [0.5, 0.6) is 17.2 Å². The number of hydrogen-bond donors (Lipinski definition) is 1. The molecule has 1 amide bonds. The standard InChI is InChI=1S/C29H30N2O8S/c1-6-7-14-39-19-11-8-17(9-12-19)24(32)22-23(18-10-13-20(36-3)21(15-18)37-4)31(27(34)25(22)33)29-30-16(2)26(40-29)28(35)38-5/h8-13,15,23,32H,6-7,14H2,1-5H3/t23-/m0/s1. The minimum atomic E-state index is -1.07. The summed E-state index contributed by atoms with van der Waals surface area (Å²) in [7, 11) is 4.21. The number of carbonyl (C=O) groups is 3. The number of aryl methyl sites for hydroxylation is 1. The first-order valence-electron chi connectivity index (χ1n) is 12.6. The minimum absolute atomic E-state index is 0.110. The number of esters is 1. The van der Waals surface area contributed by atoms with Crippen LogP contribution < -0.4 is 19.1 Å². The monoisotopic (exact) mass is 566 g/mol. The van der Waals surface area contributed by atoms with Gasteiger partial charge in [0, 0.05) is 5.56 Å². The van der Waals surface area contributed by atoms with E-state index in [-0.39, 0.29) is 21.3 Å². The molecule has 1 atom stereocenters. The number of ketones is 1. The summed E-state index contributed by atoms with van der Waals surface area (Å²) in [5.74, 6) is -1.33. The summed E-state index contributed by atoms with van der Waals surface area (Å²) >= 11 is 0.923. The van der Waals surface area contributed by atoms with Gasteiger partial charge in [-0.15, -0.1) is 0 Å². The second-order valence-corrected chi connectivity index (χ2v) is 9.89. The average molecular weight is 567 g/mol. The van der Waals surface area contributed by atoms with Crippen molar-refractivity contribution in [2.75, 3.05) is 32.8 Å². The Labute approximate surface area is 235 Å². The van der Waals surface area contributed by atoms with E-state index in [1.165, 1.54) is 26.2 Å². The maximum Gasteiger partial charge on any atom is 0.350 e. The molecule has 2 aromatic carbocycles. The molecule has 210 valence electrons. The van der Waals surface area contributed by atoms with E-state index in [1.54, 1.807) is 49.4 Å². The summed E-state index contributed by atoms with van der Waals surface area (Å²) in [6.45, 7) is 4.24. The number of anilines is 1. The summed E-state index contributed by atoms with van der Waals surface area (Å²) in [5, 5.41) is 11.5. The Kier molecular flexibility index (Phi) is 8.73. The second kappa shape index (κ2) is 12.2. The highest BCUT2D eigenvalue weighted by atomic mass is 32.1. The Balaban J connectivity index is 1.87. The number of carbonyl (C=O) groups excluding carboxylic acids is 3. The molecule has 0 radical (unpaired) electrons. The highest BCUT2D eigenvalue weighted by molar-refractivity contribution is 7.17. The van der Waals surface area contributed by atoms with Crippen molar-refractivity contribution in [1.82, 2.24) is 4.98 Å². The number of aliphatic hydroxyl groups is 1. The van der Waals surface area contributed by atoms with Crippen LogP contribution in [0.3, 0.4) is 0 Å². The van der Waals surface area contributed by atoms with Gasteiger partial charge >= 0.3 is 11.9 Å². The van der Waals surface area contributed by atoms with Crippen molar-refractivity contribution in [2.24, 2.45) is 0 Å². The van der Waals surface area contributed by atoms with E-state index in [4.69, 9.17) is 18.9 Å². The zero-order valence-electron chi connectivity index (χ0n) is 22.8. The number of hydrogen-bond acceptors (Lipinski definition) is 10. The van der Waals surface area contributed by atoms with Crippen molar-refractivity contribution >= 4 is 39.9 Å². The molecule has 40 heavy (non-hydrogen) atoms. The third-order valence-electron chi connectivity index (χ3n) is 6.42. The van der Waals surface area contributed by atoms with Crippen molar-refractivity contribution in [1.29, 1.82) is 0 Å². The van der Waals surface area contributed by atoms with E-state index >= 15 is 0 Å². The number of aliphatic hydroxyl groups excluding tert-OH is 1. The first-order valence-corrected chi connectivity index (χ1v) is 13.4. The molecule has 1 aromatic heterocycles. The van der Waals surface area contributed by atoms with Gasteiger partial charge in [-0.1, -0.05) is 30.7 Å². The van der Waals surface area contributed by atoms with Gasteiger partial charge in [0.1, 0.15) is 16.4 Å². The smallest absolute Gasteiger partial charge is 0.350 e. The van der Waals surface area contributed by atoms with E-state index in [1.807, 2.05) is 0 Å². The fraction of sp³-hybridized carbons (Fsp3) is 0.310. The van der Waals surface area contributed by atoms with Gasteiger partial charge in [0.05, 0.1) is 45.2 Å². The summed E-state index contributed by atoms with van der Waals surface area (Å²) < 4.78 is 21.3. The van der Waals surface area contributed by atoms with E-state index in [0.29, 0.717) is 40.7 Å². The molecular weight excluding hydrogens is 536 g/mol. The van der Waals surface area contributed by atoms with Gasteiger partial charge in [-0.25, -0.2) is 9.78 Å². The van der Waals surface area contributed by atoms with E-state index in [2.05, 4.69) is 11.9 Å². The molecular formula is C29H30N2O8S. The lowest BCUT2D eigenvalue weighted by molar-refractivity contribution is -0.132. The maximum atomic E-state index is 13.5. The van der Waals surface area contributed by atoms with Gasteiger partial charge in [0.2, 0.25) is 0 Å². The lowest BCUT2D eigenvalue weighted by Gasteiger charge is -2.23. The molecule has 1 aliphatic rings. The van der Waals surface area contributed by atoms with Crippen LogP contribution in [0.25, 0.3) is 5.76 Å². The number of rotatable bonds is 10. The van der Waals surface area contributed by atoms with Crippen LogP contribution in [0.15, 0.2) is 48.0 Å². The van der Waals surface area contributed by atoms with Crippen molar-refractivity contribution in [2.45, 2.75) is 32.7 Å². The molecule has 0 unspecified atom stereocenters. The van der Waals surface area contributed by atoms with Crippen LogP contribution in [-0.4, -0.2) is 55.7 Å². The molecule has 0 bridgehead atoms. The summed E-state index contributed by atoms with van der Waals surface area (Å²) in [6, 6.07) is 10.5. The third kappa shape index (κ3) is 5.37. The molecule has 3 aromatic rings. The quantitative estimate of drug-likeness (QED) is 0.118. The lowest BCUT2D eigenvalue weighted by Crippen LogP contribution is -2.29. The number of Topliss-reactive ketones (excluding diaryl/α,β-unsaturated/α-hetero) is 1.